The van der Waals surface area contributed by atoms with Gasteiger partial charge < -0.3 is 24.9 Å². The van der Waals surface area contributed by atoms with Crippen molar-refractivity contribution in [1.82, 2.24) is 14.7 Å². The van der Waals surface area contributed by atoms with Crippen LogP contribution in [-0.4, -0.2) is 33.3 Å². The number of carbonyl (C=O) groups excluding carboxylic acids is 2. The molecule has 8 nitrogen and oxygen atoms in total. The number of pyridine rings is 2. The molecule has 40 heavy (non-hydrogen) atoms. The number of hydrogen-bond donors (Lipinski definition) is 2. The van der Waals surface area contributed by atoms with Gasteiger partial charge in [-0.15, -0.1) is 0 Å². The third kappa shape index (κ3) is 5.49. The Kier molecular flexibility index (Phi) is 7.34. The number of aromatic nitrogens is 2. The van der Waals surface area contributed by atoms with Gasteiger partial charge in [0.1, 0.15) is 18.3 Å². The highest BCUT2D eigenvalue weighted by Crippen LogP contribution is 2.44. The van der Waals surface area contributed by atoms with Gasteiger partial charge in [-0.05, 0) is 80.3 Å². The first-order valence-electron chi connectivity index (χ1n) is 13.7. The van der Waals surface area contributed by atoms with Gasteiger partial charge in [0.15, 0.2) is 10.9 Å². The number of nitrogens with zero attached hydrogens (tertiary/aromatic N) is 2. The molecule has 2 amide bonds. The van der Waals surface area contributed by atoms with Crippen LogP contribution in [0.25, 0.3) is 5.52 Å². The van der Waals surface area contributed by atoms with Crippen LogP contribution >= 0.6 is 11.6 Å². The largest absolute Gasteiger partial charge is 0.486 e. The first-order valence-corrected chi connectivity index (χ1v) is 14.1. The zero-order chi connectivity index (χ0) is 27.6. The van der Waals surface area contributed by atoms with Gasteiger partial charge in [0.2, 0.25) is 5.88 Å². The third-order valence-electron chi connectivity index (χ3n) is 7.66. The van der Waals surface area contributed by atoms with Crippen molar-refractivity contribution in [3.8, 4) is 11.6 Å². The molecular weight excluding hydrogens is 528 g/mol. The molecule has 2 fully saturated rings. The van der Waals surface area contributed by atoms with E-state index in [1.807, 2.05) is 52.9 Å². The van der Waals surface area contributed by atoms with E-state index in [9.17, 15) is 9.59 Å². The lowest BCUT2D eigenvalue weighted by Gasteiger charge is -2.29. The molecule has 0 bridgehead atoms. The summed E-state index contributed by atoms with van der Waals surface area (Å²) in [6.07, 6.45) is 6.63. The van der Waals surface area contributed by atoms with Crippen molar-refractivity contribution >= 4 is 28.9 Å². The third-order valence-corrected chi connectivity index (χ3v) is 8.02. The minimum absolute atomic E-state index is 0.0231. The van der Waals surface area contributed by atoms with Gasteiger partial charge in [0.05, 0.1) is 11.1 Å². The Morgan fingerprint density at radius 1 is 0.975 bits per heavy atom. The lowest BCUT2D eigenvalue weighted by Crippen LogP contribution is -2.39. The van der Waals surface area contributed by atoms with Crippen molar-refractivity contribution in [2.24, 2.45) is 5.73 Å². The van der Waals surface area contributed by atoms with Crippen LogP contribution in [0.15, 0.2) is 66.9 Å². The van der Waals surface area contributed by atoms with Crippen LogP contribution in [0, 0.1) is 0 Å². The second kappa shape index (κ2) is 11.2. The number of amides is 2. The number of carbonyl (C=O) groups is 2. The number of fused-ring (bicyclic) bond motifs is 1. The monoisotopic (exact) mass is 558 g/mol. The van der Waals surface area contributed by atoms with Crippen LogP contribution in [0.1, 0.15) is 76.4 Å². The molecule has 4 aromatic rings. The van der Waals surface area contributed by atoms with E-state index in [1.165, 1.54) is 0 Å². The highest BCUT2D eigenvalue weighted by molar-refractivity contribution is 6.31. The molecule has 6 rings (SSSR count). The summed E-state index contributed by atoms with van der Waals surface area (Å²) in [5.74, 6) is 0.570. The molecule has 0 saturated heterocycles. The molecule has 3 heterocycles. The van der Waals surface area contributed by atoms with Gasteiger partial charge in [-0.2, -0.15) is 0 Å². The van der Waals surface area contributed by atoms with Gasteiger partial charge in [0, 0.05) is 17.9 Å². The fraction of sp³-hybridized carbons (Fsp3) is 0.323. The highest BCUT2D eigenvalue weighted by atomic mass is 35.5. The molecule has 2 aliphatic rings. The smallest absolute Gasteiger partial charge is 0.254 e. The minimum Gasteiger partial charge on any atom is -0.486 e. The molecule has 3 aromatic heterocycles. The van der Waals surface area contributed by atoms with Crippen LogP contribution in [0.3, 0.4) is 0 Å². The summed E-state index contributed by atoms with van der Waals surface area (Å²) >= 11 is 6.87. The number of halogens is 1. The van der Waals surface area contributed by atoms with E-state index in [4.69, 9.17) is 26.8 Å². The SMILES string of the molecule is NC(=O)c1cccnc1O[C@H]1CC[C@H](NC(=O)c2cc(C3CC3)n3c(Cl)c(OCc4ccccc4)ccc23)CC1. The molecule has 0 unspecified atom stereocenters. The van der Waals surface area contributed by atoms with E-state index in [2.05, 4.69) is 10.3 Å². The Morgan fingerprint density at radius 3 is 2.48 bits per heavy atom. The summed E-state index contributed by atoms with van der Waals surface area (Å²) in [5, 5.41) is 3.71. The predicted octanol–water partition coefficient (Wildman–Crippen LogP) is 5.66. The molecule has 9 heteroatoms. The minimum atomic E-state index is -0.565. The molecule has 0 aliphatic heterocycles. The maximum atomic E-state index is 13.5. The van der Waals surface area contributed by atoms with Crippen LogP contribution in [-0.2, 0) is 6.61 Å². The Balaban J connectivity index is 1.14. The van der Waals surface area contributed by atoms with Crippen LogP contribution in [0.5, 0.6) is 11.6 Å². The summed E-state index contributed by atoms with van der Waals surface area (Å²) in [6, 6.07) is 19.0. The molecule has 0 atom stereocenters. The van der Waals surface area contributed by atoms with E-state index < -0.39 is 5.91 Å². The predicted molar refractivity (Wildman–Crippen MR) is 152 cm³/mol. The molecule has 1 aromatic carbocycles. The van der Waals surface area contributed by atoms with Crippen molar-refractivity contribution in [3.05, 3.63) is 94.4 Å². The van der Waals surface area contributed by atoms with E-state index in [0.717, 1.165) is 55.3 Å². The van der Waals surface area contributed by atoms with E-state index in [0.29, 0.717) is 29.0 Å². The lowest BCUT2D eigenvalue weighted by molar-refractivity contribution is 0.0882. The maximum absolute atomic E-state index is 13.5. The van der Waals surface area contributed by atoms with E-state index in [1.54, 1.807) is 18.3 Å². The summed E-state index contributed by atoms with van der Waals surface area (Å²) in [7, 11) is 0. The standard InChI is InChI=1S/C31H31ClN4O4/c32-28-27(39-18-19-5-2-1-3-6-19)15-14-25-24(17-26(36(25)28)20-8-9-20)30(38)35-21-10-12-22(13-11-21)40-31-23(29(33)37)7-4-16-34-31/h1-7,14-17,20-22H,8-13,18H2,(H2,33,37)(H,35,38)/t21-,22-. The number of nitrogens with two attached hydrogens (primary N) is 1. The van der Waals surface area contributed by atoms with Crippen molar-refractivity contribution < 1.29 is 19.1 Å². The topological polar surface area (TPSA) is 108 Å². The number of hydrogen-bond acceptors (Lipinski definition) is 5. The molecule has 2 saturated carbocycles. The molecule has 206 valence electrons. The number of ether oxygens (including phenoxy) is 2. The second-order valence-corrected chi connectivity index (χ2v) is 10.9. The summed E-state index contributed by atoms with van der Waals surface area (Å²) < 4.78 is 14.0. The molecule has 2 aliphatic carbocycles. The molecule has 3 N–H and O–H groups in total. The Hall–Kier alpha value is -4.04. The highest BCUT2D eigenvalue weighted by Gasteiger charge is 2.31. The quantitative estimate of drug-likeness (QED) is 0.258. The molecule has 0 radical (unpaired) electrons. The Morgan fingerprint density at radius 2 is 1.75 bits per heavy atom. The Bertz CT molecular complexity index is 1540. The number of benzene rings is 1. The van der Waals surface area contributed by atoms with Crippen LogP contribution in [0.2, 0.25) is 5.15 Å². The number of rotatable bonds is 9. The van der Waals surface area contributed by atoms with E-state index in [-0.39, 0.29) is 29.5 Å². The normalized spacial score (nSPS) is 18.8. The van der Waals surface area contributed by atoms with Crippen LogP contribution < -0.4 is 20.5 Å². The van der Waals surface area contributed by atoms with Gasteiger partial charge in [-0.25, -0.2) is 4.98 Å². The van der Waals surface area contributed by atoms with Crippen molar-refractivity contribution in [2.75, 3.05) is 0 Å². The fourth-order valence-electron chi connectivity index (χ4n) is 5.39. The summed E-state index contributed by atoms with van der Waals surface area (Å²) in [6.45, 7) is 0.413. The average Bonchev–Trinajstić information content (AvgIpc) is 3.74. The van der Waals surface area contributed by atoms with Gasteiger partial charge >= 0.3 is 0 Å². The maximum Gasteiger partial charge on any atom is 0.254 e. The van der Waals surface area contributed by atoms with Crippen molar-refractivity contribution in [2.45, 2.75) is 63.2 Å². The van der Waals surface area contributed by atoms with Crippen molar-refractivity contribution in [3.63, 3.8) is 0 Å². The van der Waals surface area contributed by atoms with Gasteiger partial charge in [-0.1, -0.05) is 41.9 Å². The number of primary amides is 1. The fourth-order valence-corrected chi connectivity index (χ4v) is 5.69. The van der Waals surface area contributed by atoms with Gasteiger partial charge in [0.25, 0.3) is 11.8 Å². The first kappa shape index (κ1) is 26.2. The second-order valence-electron chi connectivity index (χ2n) is 10.5. The molecular formula is C31H31ClN4O4. The van der Waals surface area contributed by atoms with E-state index >= 15 is 0 Å². The van der Waals surface area contributed by atoms with Crippen LogP contribution in [0.4, 0.5) is 0 Å². The Labute approximate surface area is 237 Å². The van der Waals surface area contributed by atoms with Gasteiger partial charge in [-0.3, -0.25) is 9.59 Å². The zero-order valence-electron chi connectivity index (χ0n) is 22.0. The summed E-state index contributed by atoms with van der Waals surface area (Å²) in [5.41, 5.74) is 9.23. The first-order chi connectivity index (χ1) is 19.5. The summed E-state index contributed by atoms with van der Waals surface area (Å²) in [4.78, 5) is 29.3. The molecule has 0 spiro atoms. The average molecular weight is 559 g/mol. The van der Waals surface area contributed by atoms with Crippen molar-refractivity contribution in [1.29, 1.82) is 0 Å². The zero-order valence-corrected chi connectivity index (χ0v) is 22.8. The lowest BCUT2D eigenvalue weighted by atomic mass is 9.92. The number of nitrogens with one attached hydrogen (secondary N) is 1.